The Morgan fingerprint density at radius 3 is 2.53 bits per heavy atom. The van der Waals surface area contributed by atoms with Crippen molar-refractivity contribution in [1.82, 2.24) is 14.9 Å². The van der Waals surface area contributed by atoms with Crippen LogP contribution >= 0.6 is 11.8 Å². The Morgan fingerprint density at radius 1 is 1.13 bits per heavy atom. The van der Waals surface area contributed by atoms with E-state index in [9.17, 15) is 4.79 Å². The highest BCUT2D eigenvalue weighted by Gasteiger charge is 2.38. The molecular formula is C23H25N5OS. The summed E-state index contributed by atoms with van der Waals surface area (Å²) in [4.78, 5) is 14.9. The lowest BCUT2D eigenvalue weighted by molar-refractivity contribution is -0.112. The van der Waals surface area contributed by atoms with E-state index >= 15 is 0 Å². The summed E-state index contributed by atoms with van der Waals surface area (Å²) in [5.74, 6) is 7.02. The van der Waals surface area contributed by atoms with E-state index in [1.807, 2.05) is 50.4 Å². The minimum atomic E-state index is -0.224. The molecule has 0 bridgehead atoms. The Balaban J connectivity index is 1.49. The first-order valence-corrected chi connectivity index (χ1v) is 10.8. The van der Waals surface area contributed by atoms with Crippen LogP contribution in [0.15, 0.2) is 65.5 Å². The molecule has 1 aromatic heterocycles. The molecule has 0 amide bonds. The Hall–Kier alpha value is -3.06. The number of hydrogen-bond donors (Lipinski definition) is 1. The highest BCUT2D eigenvalue weighted by Crippen LogP contribution is 2.46. The van der Waals surface area contributed by atoms with Gasteiger partial charge in [0.15, 0.2) is 11.6 Å². The largest absolute Gasteiger partial charge is 0.347 e. The highest BCUT2D eigenvalue weighted by atomic mass is 32.2. The summed E-state index contributed by atoms with van der Waals surface area (Å²) in [5.41, 5.74) is 5.18. The summed E-state index contributed by atoms with van der Waals surface area (Å²) in [6, 6.07) is 16.2. The van der Waals surface area contributed by atoms with Crippen LogP contribution in [0.3, 0.4) is 0 Å². The lowest BCUT2D eigenvalue weighted by atomic mass is 9.83. The van der Waals surface area contributed by atoms with E-state index in [2.05, 4.69) is 41.1 Å². The van der Waals surface area contributed by atoms with Crippen molar-refractivity contribution in [2.45, 2.75) is 31.3 Å². The smallest absolute Gasteiger partial charge is 0.210 e. The highest BCUT2D eigenvalue weighted by molar-refractivity contribution is 7.99. The number of allylic oxidation sites excluding steroid dienone is 2. The molecule has 6 nitrogen and oxygen atoms in total. The number of aromatic nitrogens is 3. The fourth-order valence-corrected chi connectivity index (χ4v) is 4.54. The number of benzene rings is 2. The molecule has 0 aliphatic carbocycles. The maximum Gasteiger partial charge on any atom is 0.210 e. The van der Waals surface area contributed by atoms with Crippen LogP contribution in [-0.2, 0) is 10.2 Å². The Morgan fingerprint density at radius 2 is 1.83 bits per heavy atom. The molecule has 0 unspecified atom stereocenters. The second-order valence-electron chi connectivity index (χ2n) is 8.03. The van der Waals surface area contributed by atoms with Crippen molar-refractivity contribution in [3.8, 4) is 11.4 Å². The first kappa shape index (κ1) is 20.2. The zero-order valence-corrected chi connectivity index (χ0v) is 18.4. The molecule has 0 spiro atoms. The maximum atomic E-state index is 12.8. The lowest BCUT2D eigenvalue weighted by Gasteiger charge is -2.23. The SMILES string of the molecule is Cc1ccc(-c2nnc(SCC(=O)/C=C3\N(C)c4ccccc4C3(C)C)n2N)cc1. The van der Waals surface area contributed by atoms with Gasteiger partial charge in [0.25, 0.3) is 0 Å². The van der Waals surface area contributed by atoms with Gasteiger partial charge < -0.3 is 10.7 Å². The number of carbonyl (C=O) groups excluding carboxylic acids is 1. The molecule has 3 aromatic rings. The molecule has 1 aliphatic heterocycles. The van der Waals surface area contributed by atoms with Crippen LogP contribution in [0.25, 0.3) is 11.4 Å². The van der Waals surface area contributed by atoms with Crippen LogP contribution < -0.4 is 10.7 Å². The number of rotatable bonds is 5. The Labute approximate surface area is 180 Å². The Kier molecular flexibility index (Phi) is 5.15. The molecular weight excluding hydrogens is 394 g/mol. The molecule has 2 N–H and O–H groups in total. The molecule has 154 valence electrons. The van der Waals surface area contributed by atoms with Crippen LogP contribution in [0.4, 0.5) is 5.69 Å². The van der Waals surface area contributed by atoms with Gasteiger partial charge in [-0.2, -0.15) is 0 Å². The summed E-state index contributed by atoms with van der Waals surface area (Å²) < 4.78 is 1.44. The molecule has 0 saturated carbocycles. The molecule has 0 atom stereocenters. The van der Waals surface area contributed by atoms with Crippen molar-refractivity contribution < 1.29 is 4.79 Å². The van der Waals surface area contributed by atoms with Gasteiger partial charge >= 0.3 is 0 Å². The number of hydrogen-bond acceptors (Lipinski definition) is 6. The quantitative estimate of drug-likeness (QED) is 0.383. The first-order chi connectivity index (χ1) is 14.3. The molecule has 30 heavy (non-hydrogen) atoms. The number of likely N-dealkylation sites (N-methyl/N-ethyl adjacent to an activating group) is 1. The number of anilines is 1. The molecule has 2 aromatic carbocycles. The standard InChI is InChI=1S/C23H25N5OS/c1-15-9-11-16(12-10-15)21-25-26-22(28(21)24)30-14-17(29)13-20-23(2,3)18-7-5-6-8-19(18)27(20)4/h5-13H,14,24H2,1-4H3/b20-13-. The average molecular weight is 420 g/mol. The fourth-order valence-electron chi connectivity index (χ4n) is 3.86. The number of fused-ring (bicyclic) bond motifs is 1. The molecule has 0 fully saturated rings. The van der Waals surface area contributed by atoms with E-state index < -0.39 is 0 Å². The van der Waals surface area contributed by atoms with E-state index in [4.69, 9.17) is 5.84 Å². The van der Waals surface area contributed by atoms with E-state index in [-0.39, 0.29) is 17.0 Å². The molecule has 7 heteroatoms. The van der Waals surface area contributed by atoms with Crippen LogP contribution in [0.1, 0.15) is 25.0 Å². The second kappa shape index (κ2) is 7.65. The lowest BCUT2D eigenvalue weighted by Crippen LogP contribution is -2.24. The van der Waals surface area contributed by atoms with Crippen LogP contribution in [-0.4, -0.2) is 33.5 Å². The predicted molar refractivity (Wildman–Crippen MR) is 122 cm³/mol. The monoisotopic (exact) mass is 419 g/mol. The zero-order valence-electron chi connectivity index (χ0n) is 17.6. The van der Waals surface area contributed by atoms with Crippen molar-refractivity contribution in [1.29, 1.82) is 0 Å². The van der Waals surface area contributed by atoms with Gasteiger partial charge in [0, 0.05) is 35.5 Å². The topological polar surface area (TPSA) is 77.0 Å². The van der Waals surface area contributed by atoms with Crippen molar-refractivity contribution in [3.63, 3.8) is 0 Å². The van der Waals surface area contributed by atoms with Gasteiger partial charge in [-0.1, -0.05) is 73.6 Å². The third-order valence-corrected chi connectivity index (χ3v) is 6.52. The number of thioether (sulfide) groups is 1. The minimum Gasteiger partial charge on any atom is -0.347 e. The van der Waals surface area contributed by atoms with Crippen molar-refractivity contribution in [3.05, 3.63) is 71.4 Å². The number of aryl methyl sites for hydroxylation is 1. The number of nitrogen functional groups attached to an aromatic ring is 1. The molecule has 2 heterocycles. The molecule has 4 rings (SSSR count). The number of carbonyl (C=O) groups is 1. The summed E-state index contributed by atoms with van der Waals surface area (Å²) in [5, 5.41) is 8.87. The average Bonchev–Trinajstić information content (AvgIpc) is 3.18. The number of nitrogens with two attached hydrogens (primary N) is 1. The van der Waals surface area contributed by atoms with Gasteiger partial charge in [0.2, 0.25) is 5.16 Å². The van der Waals surface area contributed by atoms with Crippen molar-refractivity contribution in [2.75, 3.05) is 23.5 Å². The zero-order chi connectivity index (χ0) is 21.5. The van der Waals surface area contributed by atoms with Gasteiger partial charge in [-0.05, 0) is 18.6 Å². The molecule has 1 aliphatic rings. The van der Waals surface area contributed by atoms with Crippen LogP contribution in [0.2, 0.25) is 0 Å². The minimum absolute atomic E-state index is 0.0163. The van der Waals surface area contributed by atoms with E-state index in [1.165, 1.54) is 22.0 Å². The second-order valence-corrected chi connectivity index (χ2v) is 8.97. The summed E-state index contributed by atoms with van der Waals surface area (Å²) in [6.07, 6.45) is 1.74. The normalized spacial score (nSPS) is 16.1. The summed E-state index contributed by atoms with van der Waals surface area (Å²) in [6.45, 7) is 6.32. The van der Waals surface area contributed by atoms with Gasteiger partial charge in [-0.25, -0.2) is 4.68 Å². The summed E-state index contributed by atoms with van der Waals surface area (Å²) in [7, 11) is 2.00. The predicted octanol–water partition coefficient (Wildman–Crippen LogP) is 3.94. The Bertz CT molecular complexity index is 1130. The third kappa shape index (κ3) is 3.50. The third-order valence-electron chi connectivity index (χ3n) is 5.56. The van der Waals surface area contributed by atoms with E-state index in [0.29, 0.717) is 11.0 Å². The maximum absolute atomic E-state index is 12.8. The number of para-hydroxylation sites is 1. The van der Waals surface area contributed by atoms with Gasteiger partial charge in [-0.3, -0.25) is 4.79 Å². The van der Waals surface area contributed by atoms with Gasteiger partial charge in [0.05, 0.1) is 5.75 Å². The van der Waals surface area contributed by atoms with Crippen LogP contribution in [0, 0.1) is 6.92 Å². The summed E-state index contributed by atoms with van der Waals surface area (Å²) >= 11 is 1.29. The van der Waals surface area contributed by atoms with E-state index in [1.54, 1.807) is 6.08 Å². The number of nitrogens with zero attached hydrogens (tertiary/aromatic N) is 4. The van der Waals surface area contributed by atoms with Crippen LogP contribution in [0.5, 0.6) is 0 Å². The van der Waals surface area contributed by atoms with E-state index in [0.717, 1.165) is 22.5 Å². The molecule has 0 saturated heterocycles. The van der Waals surface area contributed by atoms with Crippen molar-refractivity contribution in [2.24, 2.45) is 0 Å². The van der Waals surface area contributed by atoms with Gasteiger partial charge in [-0.15, -0.1) is 10.2 Å². The molecule has 0 radical (unpaired) electrons. The fraction of sp³-hybridized carbons (Fsp3) is 0.261. The van der Waals surface area contributed by atoms with Gasteiger partial charge in [0.1, 0.15) is 0 Å². The first-order valence-electron chi connectivity index (χ1n) is 9.77. The number of ketones is 1. The van der Waals surface area contributed by atoms with Crippen molar-refractivity contribution >= 4 is 23.2 Å².